The van der Waals surface area contributed by atoms with Gasteiger partial charge in [0.15, 0.2) is 5.82 Å². The maximum absolute atomic E-state index is 11.1. The van der Waals surface area contributed by atoms with Crippen molar-refractivity contribution in [2.75, 3.05) is 0 Å². The summed E-state index contributed by atoms with van der Waals surface area (Å²) in [5, 5.41) is 13.4. The Bertz CT molecular complexity index is 619. The number of nitrogens with zero attached hydrogens (tertiary/aromatic N) is 3. The molecule has 0 saturated carbocycles. The third-order valence-electron chi connectivity index (χ3n) is 2.45. The molecule has 0 aliphatic heterocycles. The summed E-state index contributed by atoms with van der Waals surface area (Å²) in [7, 11) is 0. The summed E-state index contributed by atoms with van der Waals surface area (Å²) < 4.78 is 5.18. The largest absolute Gasteiger partial charge is 0.478 e. The molecule has 7 heteroatoms. The zero-order valence-electron chi connectivity index (χ0n) is 11.5. The number of aromatic nitrogens is 3. The molecule has 2 aromatic rings. The van der Waals surface area contributed by atoms with Crippen LogP contribution in [0.4, 0.5) is 0 Å². The standard InChI is InChI=1S/C13H15N3O3S/c1-13(2,3)12-15-9(16-19-12)7-20-10-8(11(17)18)5-4-6-14-10/h4-6H,7H2,1-3H3,(H,17,18). The molecule has 0 aromatic carbocycles. The number of hydrogen-bond donors (Lipinski definition) is 1. The monoisotopic (exact) mass is 293 g/mol. The molecule has 2 heterocycles. The zero-order valence-corrected chi connectivity index (χ0v) is 12.3. The first kappa shape index (κ1) is 14.5. The maximum atomic E-state index is 11.1. The smallest absolute Gasteiger partial charge is 0.338 e. The molecule has 0 amide bonds. The lowest BCUT2D eigenvalue weighted by atomic mass is 9.97. The maximum Gasteiger partial charge on any atom is 0.338 e. The fraction of sp³-hybridized carbons (Fsp3) is 0.385. The lowest BCUT2D eigenvalue weighted by Gasteiger charge is -2.10. The Morgan fingerprint density at radius 2 is 2.20 bits per heavy atom. The van der Waals surface area contributed by atoms with Gasteiger partial charge in [0.25, 0.3) is 0 Å². The van der Waals surface area contributed by atoms with Crippen LogP contribution in [0.15, 0.2) is 27.9 Å². The molecule has 106 valence electrons. The van der Waals surface area contributed by atoms with Gasteiger partial charge >= 0.3 is 5.97 Å². The second-order valence-electron chi connectivity index (χ2n) is 5.22. The lowest BCUT2D eigenvalue weighted by molar-refractivity contribution is 0.0692. The van der Waals surface area contributed by atoms with Gasteiger partial charge in [0.2, 0.25) is 5.89 Å². The van der Waals surface area contributed by atoms with Crippen LogP contribution in [0.3, 0.4) is 0 Å². The molecule has 2 aromatic heterocycles. The summed E-state index contributed by atoms with van der Waals surface area (Å²) in [6, 6.07) is 3.12. The second kappa shape index (κ2) is 5.62. The molecule has 0 atom stereocenters. The van der Waals surface area contributed by atoms with Crippen molar-refractivity contribution in [2.24, 2.45) is 0 Å². The van der Waals surface area contributed by atoms with E-state index in [4.69, 9.17) is 9.63 Å². The minimum absolute atomic E-state index is 0.178. The Labute approximate surface area is 120 Å². The first-order valence-electron chi connectivity index (χ1n) is 6.02. The van der Waals surface area contributed by atoms with E-state index in [1.807, 2.05) is 20.8 Å². The second-order valence-corrected chi connectivity index (χ2v) is 6.18. The van der Waals surface area contributed by atoms with Gasteiger partial charge in [0, 0.05) is 11.6 Å². The van der Waals surface area contributed by atoms with Crippen LogP contribution in [0.25, 0.3) is 0 Å². The predicted octanol–water partition coefficient (Wildman–Crippen LogP) is 2.75. The van der Waals surface area contributed by atoms with Gasteiger partial charge in [0.1, 0.15) is 5.03 Å². The van der Waals surface area contributed by atoms with Crippen LogP contribution in [0.5, 0.6) is 0 Å². The van der Waals surface area contributed by atoms with Gasteiger partial charge < -0.3 is 9.63 Å². The molecule has 0 unspecified atom stereocenters. The van der Waals surface area contributed by atoms with Gasteiger partial charge in [-0.1, -0.05) is 37.7 Å². The van der Waals surface area contributed by atoms with Gasteiger partial charge in [-0.15, -0.1) is 0 Å². The van der Waals surface area contributed by atoms with Crippen molar-refractivity contribution in [3.8, 4) is 0 Å². The number of aromatic carboxylic acids is 1. The van der Waals surface area contributed by atoms with Crippen LogP contribution in [0.1, 0.15) is 42.8 Å². The molecule has 6 nitrogen and oxygen atoms in total. The fourth-order valence-electron chi connectivity index (χ4n) is 1.42. The van der Waals surface area contributed by atoms with Crippen molar-refractivity contribution in [1.29, 1.82) is 0 Å². The highest BCUT2D eigenvalue weighted by Crippen LogP contribution is 2.25. The van der Waals surface area contributed by atoms with Crippen molar-refractivity contribution in [3.05, 3.63) is 35.6 Å². The van der Waals surface area contributed by atoms with Gasteiger partial charge in [0.05, 0.1) is 11.3 Å². The Morgan fingerprint density at radius 3 is 2.80 bits per heavy atom. The van der Waals surface area contributed by atoms with Crippen molar-refractivity contribution in [2.45, 2.75) is 37.0 Å². The van der Waals surface area contributed by atoms with E-state index in [1.165, 1.54) is 17.8 Å². The predicted molar refractivity (Wildman–Crippen MR) is 73.8 cm³/mol. The molecule has 0 aliphatic rings. The quantitative estimate of drug-likeness (QED) is 0.867. The Kier molecular flexibility index (Phi) is 4.08. The van der Waals surface area contributed by atoms with E-state index < -0.39 is 5.97 Å². The molecule has 1 N–H and O–H groups in total. The van der Waals surface area contributed by atoms with E-state index in [0.717, 1.165) is 0 Å². The van der Waals surface area contributed by atoms with Crippen LogP contribution in [0, 0.1) is 0 Å². The SMILES string of the molecule is CC(C)(C)c1nc(CSc2ncccc2C(=O)O)no1. The molecular weight excluding hydrogens is 278 g/mol. The summed E-state index contributed by atoms with van der Waals surface area (Å²) >= 11 is 1.28. The van der Waals surface area contributed by atoms with Gasteiger partial charge in [-0.05, 0) is 12.1 Å². The highest BCUT2D eigenvalue weighted by molar-refractivity contribution is 7.98. The lowest BCUT2D eigenvalue weighted by Crippen LogP contribution is -2.11. The van der Waals surface area contributed by atoms with E-state index in [0.29, 0.717) is 22.5 Å². The molecule has 0 radical (unpaired) electrons. The summed E-state index contributed by atoms with van der Waals surface area (Å²) in [5.41, 5.74) is -0.0234. The van der Waals surface area contributed by atoms with E-state index in [2.05, 4.69) is 15.1 Å². The third-order valence-corrected chi connectivity index (χ3v) is 3.45. The minimum atomic E-state index is -0.996. The van der Waals surface area contributed by atoms with Crippen molar-refractivity contribution in [1.82, 2.24) is 15.1 Å². The van der Waals surface area contributed by atoms with Crippen LogP contribution in [-0.2, 0) is 11.2 Å². The van der Waals surface area contributed by atoms with Crippen LogP contribution < -0.4 is 0 Å². The third kappa shape index (κ3) is 3.36. The summed E-state index contributed by atoms with van der Waals surface area (Å²) in [4.78, 5) is 19.4. The molecule has 20 heavy (non-hydrogen) atoms. The number of carboxylic acid groups (broad SMARTS) is 1. The summed E-state index contributed by atoms with van der Waals surface area (Å²) in [6.45, 7) is 5.95. The average Bonchev–Trinajstić information content (AvgIpc) is 2.85. The van der Waals surface area contributed by atoms with Gasteiger partial charge in [-0.25, -0.2) is 9.78 Å². The van der Waals surface area contributed by atoms with Crippen molar-refractivity contribution >= 4 is 17.7 Å². The highest BCUT2D eigenvalue weighted by Gasteiger charge is 2.22. The number of pyridine rings is 1. The topological polar surface area (TPSA) is 89.1 Å². The van der Waals surface area contributed by atoms with Crippen LogP contribution >= 0.6 is 11.8 Å². The highest BCUT2D eigenvalue weighted by atomic mass is 32.2. The average molecular weight is 293 g/mol. The molecule has 0 saturated heterocycles. The minimum Gasteiger partial charge on any atom is -0.478 e. The van der Waals surface area contributed by atoms with E-state index in [9.17, 15) is 4.79 Å². The number of carbonyl (C=O) groups is 1. The van der Waals surface area contributed by atoms with Crippen molar-refractivity contribution in [3.63, 3.8) is 0 Å². The van der Waals surface area contributed by atoms with Gasteiger partial charge in [-0.3, -0.25) is 0 Å². The normalized spacial score (nSPS) is 11.6. The molecule has 0 aliphatic carbocycles. The fourth-order valence-corrected chi connectivity index (χ4v) is 2.25. The molecule has 0 spiro atoms. The van der Waals surface area contributed by atoms with Gasteiger partial charge in [-0.2, -0.15) is 4.98 Å². The first-order valence-corrected chi connectivity index (χ1v) is 7.00. The summed E-state index contributed by atoms with van der Waals surface area (Å²) in [6.07, 6.45) is 1.56. The summed E-state index contributed by atoms with van der Waals surface area (Å²) in [5.74, 6) is 0.509. The Balaban J connectivity index is 2.10. The molecule has 2 rings (SSSR count). The number of rotatable bonds is 4. The van der Waals surface area contributed by atoms with Crippen LogP contribution in [0.2, 0.25) is 0 Å². The Morgan fingerprint density at radius 1 is 1.45 bits per heavy atom. The van der Waals surface area contributed by atoms with Crippen LogP contribution in [-0.4, -0.2) is 26.2 Å². The van der Waals surface area contributed by atoms with E-state index in [-0.39, 0.29) is 11.0 Å². The number of carboxylic acids is 1. The molecular formula is C13H15N3O3S. The Hall–Kier alpha value is -1.89. The molecule has 0 fully saturated rings. The van der Waals surface area contributed by atoms with E-state index in [1.54, 1.807) is 12.3 Å². The first-order chi connectivity index (χ1) is 9.38. The molecule has 0 bridgehead atoms. The van der Waals surface area contributed by atoms with Crippen molar-refractivity contribution < 1.29 is 14.4 Å². The number of thioether (sulfide) groups is 1. The number of hydrogen-bond acceptors (Lipinski definition) is 6. The van der Waals surface area contributed by atoms with E-state index >= 15 is 0 Å². The zero-order chi connectivity index (χ0) is 14.8.